The van der Waals surface area contributed by atoms with Gasteiger partial charge in [-0.3, -0.25) is 4.68 Å². The summed E-state index contributed by atoms with van der Waals surface area (Å²) < 4.78 is 17.2. The van der Waals surface area contributed by atoms with Crippen LogP contribution in [0.5, 0.6) is 0 Å². The number of pyridine rings is 1. The quantitative estimate of drug-likeness (QED) is 0.541. The summed E-state index contributed by atoms with van der Waals surface area (Å²) in [5.74, 6) is 1.21. The molecule has 1 unspecified atom stereocenters. The Kier molecular flexibility index (Phi) is 5.96. The highest BCUT2D eigenvalue weighted by molar-refractivity contribution is 5.71. The van der Waals surface area contributed by atoms with Crippen molar-refractivity contribution >= 4 is 23.3 Å². The molecule has 0 bridgehead atoms. The van der Waals surface area contributed by atoms with E-state index in [1.807, 2.05) is 20.0 Å². The smallest absolute Gasteiger partial charge is 0.253 e. The molecule has 1 aliphatic heterocycles. The normalized spacial score (nSPS) is 19.4. The van der Waals surface area contributed by atoms with Crippen molar-refractivity contribution in [3.8, 4) is 0 Å². The molecule has 0 spiro atoms. The lowest BCUT2D eigenvalue weighted by molar-refractivity contribution is 0.160. The molecule has 3 aromatic rings. The van der Waals surface area contributed by atoms with Gasteiger partial charge in [0.2, 0.25) is 0 Å². The first-order chi connectivity index (χ1) is 16.7. The minimum absolute atomic E-state index is 0.124. The third kappa shape index (κ3) is 4.60. The Morgan fingerprint density at radius 3 is 2.60 bits per heavy atom. The SMILES string of the molecule is Cc1cc(Nc2nc(N=c3cc(C4CC4)c(F)c(C)n3O)ncc2N2CCN(C)C(C)C2)nn1C. The minimum atomic E-state index is -0.387. The number of aromatic nitrogens is 5. The van der Waals surface area contributed by atoms with E-state index < -0.39 is 0 Å². The van der Waals surface area contributed by atoms with Crippen molar-refractivity contribution in [1.82, 2.24) is 29.4 Å². The lowest BCUT2D eigenvalue weighted by Crippen LogP contribution is -2.50. The zero-order valence-electron chi connectivity index (χ0n) is 20.8. The highest BCUT2D eigenvalue weighted by atomic mass is 19.1. The van der Waals surface area contributed by atoms with Crippen LogP contribution in [-0.2, 0) is 7.05 Å². The number of hydrogen-bond acceptors (Lipinski definition) is 8. The van der Waals surface area contributed by atoms with Crippen LogP contribution in [0.1, 0.15) is 42.6 Å². The van der Waals surface area contributed by atoms with E-state index in [1.54, 1.807) is 16.9 Å². The van der Waals surface area contributed by atoms with Crippen molar-refractivity contribution in [3.63, 3.8) is 0 Å². The van der Waals surface area contributed by atoms with E-state index in [0.717, 1.165) is 48.6 Å². The van der Waals surface area contributed by atoms with Crippen molar-refractivity contribution in [2.75, 3.05) is 36.9 Å². The van der Waals surface area contributed by atoms with Gasteiger partial charge in [-0.1, -0.05) is 0 Å². The van der Waals surface area contributed by atoms with Gasteiger partial charge in [0.05, 0.1) is 17.6 Å². The van der Waals surface area contributed by atoms with E-state index in [-0.39, 0.29) is 28.9 Å². The summed E-state index contributed by atoms with van der Waals surface area (Å²) in [4.78, 5) is 18.2. The van der Waals surface area contributed by atoms with Crippen molar-refractivity contribution in [2.24, 2.45) is 12.0 Å². The fourth-order valence-corrected chi connectivity index (χ4v) is 4.36. The number of piperazine rings is 1. The largest absolute Gasteiger partial charge is 0.427 e. The Balaban J connectivity index is 1.57. The van der Waals surface area contributed by atoms with Crippen molar-refractivity contribution in [2.45, 2.75) is 45.6 Å². The predicted octanol–water partition coefficient (Wildman–Crippen LogP) is 3.00. The van der Waals surface area contributed by atoms with Gasteiger partial charge in [-0.2, -0.15) is 19.8 Å². The average Bonchev–Trinajstić information content (AvgIpc) is 3.61. The molecule has 1 atom stereocenters. The van der Waals surface area contributed by atoms with E-state index in [9.17, 15) is 9.60 Å². The number of halogens is 1. The van der Waals surface area contributed by atoms with Gasteiger partial charge in [0, 0.05) is 44.5 Å². The van der Waals surface area contributed by atoms with Gasteiger partial charge in [0.15, 0.2) is 17.1 Å². The van der Waals surface area contributed by atoms with Crippen LogP contribution in [0.3, 0.4) is 0 Å². The Hall–Kier alpha value is -3.47. The fraction of sp³-hybridized carbons (Fsp3) is 0.500. The Morgan fingerprint density at radius 2 is 1.94 bits per heavy atom. The molecule has 4 heterocycles. The van der Waals surface area contributed by atoms with Crippen LogP contribution in [-0.4, -0.2) is 67.3 Å². The monoisotopic (exact) mass is 481 g/mol. The Morgan fingerprint density at radius 1 is 1.17 bits per heavy atom. The molecule has 35 heavy (non-hydrogen) atoms. The molecular formula is C24H32FN9O. The molecular weight excluding hydrogens is 449 g/mol. The van der Waals surface area contributed by atoms with Crippen molar-refractivity contribution in [3.05, 3.63) is 46.6 Å². The van der Waals surface area contributed by atoms with Crippen molar-refractivity contribution in [1.29, 1.82) is 0 Å². The Labute approximate surface area is 203 Å². The topological polar surface area (TPSA) is 99.6 Å². The second-order valence-corrected chi connectivity index (χ2v) is 9.65. The average molecular weight is 482 g/mol. The maximum atomic E-state index is 14.6. The van der Waals surface area contributed by atoms with Crippen LogP contribution in [0.25, 0.3) is 0 Å². The highest BCUT2D eigenvalue weighted by Crippen LogP contribution is 2.41. The van der Waals surface area contributed by atoms with Gasteiger partial charge in [0.1, 0.15) is 5.82 Å². The van der Waals surface area contributed by atoms with Gasteiger partial charge < -0.3 is 20.3 Å². The fourth-order valence-electron chi connectivity index (χ4n) is 4.36. The summed E-state index contributed by atoms with van der Waals surface area (Å²) in [6.45, 7) is 8.32. The van der Waals surface area contributed by atoms with Gasteiger partial charge in [-0.15, -0.1) is 0 Å². The molecule has 0 radical (unpaired) electrons. The van der Waals surface area contributed by atoms with E-state index in [1.165, 1.54) is 6.92 Å². The second-order valence-electron chi connectivity index (χ2n) is 9.65. The molecule has 2 aliphatic rings. The number of rotatable bonds is 5. The molecule has 1 saturated carbocycles. The molecule has 10 nitrogen and oxygen atoms in total. The summed E-state index contributed by atoms with van der Waals surface area (Å²) >= 11 is 0. The molecule has 186 valence electrons. The minimum Gasteiger partial charge on any atom is -0.427 e. The number of anilines is 3. The van der Waals surface area contributed by atoms with E-state index in [4.69, 9.17) is 4.98 Å². The van der Waals surface area contributed by atoms with Crippen LogP contribution in [0.4, 0.5) is 27.7 Å². The van der Waals surface area contributed by atoms with Gasteiger partial charge >= 0.3 is 0 Å². The maximum Gasteiger partial charge on any atom is 0.253 e. The predicted molar refractivity (Wildman–Crippen MR) is 131 cm³/mol. The van der Waals surface area contributed by atoms with Crippen molar-refractivity contribution < 1.29 is 9.60 Å². The molecule has 0 amide bonds. The molecule has 2 fully saturated rings. The van der Waals surface area contributed by atoms with Gasteiger partial charge in [-0.05, 0) is 58.2 Å². The third-order valence-corrected chi connectivity index (χ3v) is 7.04. The first-order valence-electron chi connectivity index (χ1n) is 12.0. The summed E-state index contributed by atoms with van der Waals surface area (Å²) in [6, 6.07) is 3.92. The van der Waals surface area contributed by atoms with Gasteiger partial charge in [-0.25, -0.2) is 9.37 Å². The summed E-state index contributed by atoms with van der Waals surface area (Å²) in [5.41, 5.74) is 2.77. The first-order valence-corrected chi connectivity index (χ1v) is 12.0. The number of nitrogens with zero attached hydrogens (tertiary/aromatic N) is 8. The van der Waals surface area contributed by atoms with E-state index >= 15 is 0 Å². The maximum absolute atomic E-state index is 14.6. The Bertz CT molecular complexity index is 1310. The lowest BCUT2D eigenvalue weighted by Gasteiger charge is -2.39. The number of likely N-dealkylation sites (N-methyl/N-ethyl adjacent to an activating group) is 1. The molecule has 2 N–H and O–H groups in total. The van der Waals surface area contributed by atoms with Gasteiger partial charge in [0.25, 0.3) is 5.95 Å². The van der Waals surface area contributed by atoms with Crippen LogP contribution in [0.15, 0.2) is 23.3 Å². The van der Waals surface area contributed by atoms with Crippen LogP contribution in [0, 0.1) is 19.7 Å². The summed E-state index contributed by atoms with van der Waals surface area (Å²) in [5, 5.41) is 18.3. The standard InChI is InChI=1S/C24H32FN9O/c1-14-10-20(30-32(14)5)27-23-19(33-9-8-31(4)15(2)13-33)12-26-24(29-23)28-21-11-18(17-6-7-17)22(25)16(3)34(21)35/h10-12,15,17,35H,6-9,13H2,1-5H3,(H,26,27,29,30). The summed E-state index contributed by atoms with van der Waals surface area (Å²) in [7, 11) is 4.01. The molecule has 0 aromatic carbocycles. The van der Waals surface area contributed by atoms with Crippen LogP contribution < -0.4 is 15.7 Å². The lowest BCUT2D eigenvalue weighted by atomic mass is 10.1. The second kappa shape index (κ2) is 8.95. The zero-order valence-corrected chi connectivity index (χ0v) is 20.8. The molecule has 11 heteroatoms. The molecule has 3 aromatic heterocycles. The van der Waals surface area contributed by atoms with Crippen LogP contribution >= 0.6 is 0 Å². The van der Waals surface area contributed by atoms with E-state index in [2.05, 4.69) is 44.2 Å². The van der Waals surface area contributed by atoms with E-state index in [0.29, 0.717) is 23.2 Å². The number of nitrogens with one attached hydrogen (secondary N) is 1. The number of hydrogen-bond donors (Lipinski definition) is 2. The third-order valence-electron chi connectivity index (χ3n) is 7.04. The molecule has 1 aliphatic carbocycles. The first kappa shape index (κ1) is 23.3. The number of aryl methyl sites for hydroxylation is 2. The zero-order chi connectivity index (χ0) is 24.9. The molecule has 1 saturated heterocycles. The highest BCUT2D eigenvalue weighted by Gasteiger charge is 2.29. The summed E-state index contributed by atoms with van der Waals surface area (Å²) in [6.07, 6.45) is 3.64. The van der Waals surface area contributed by atoms with Crippen LogP contribution in [0.2, 0.25) is 0 Å². The molecule has 5 rings (SSSR count).